The average molecular weight is 352 g/mol. The normalized spacial score (nSPS) is 10.7. The first kappa shape index (κ1) is 16.9. The lowest BCUT2D eigenvalue weighted by Gasteiger charge is -2.24. The molecule has 0 unspecified atom stereocenters. The van der Waals surface area contributed by atoms with Crippen LogP contribution in [0.25, 0.3) is 28.1 Å². The summed E-state index contributed by atoms with van der Waals surface area (Å²) in [5, 5.41) is 13.2. The summed E-state index contributed by atoms with van der Waals surface area (Å²) in [6.07, 6.45) is 0. The van der Waals surface area contributed by atoms with E-state index in [1.807, 2.05) is 78.9 Å². The summed E-state index contributed by atoms with van der Waals surface area (Å²) in [7, 11) is 0. The lowest BCUT2D eigenvalue weighted by atomic mass is 9.98. The molecular weight excluding hydrogens is 334 g/mol. The molecule has 0 bridgehead atoms. The Labute approximate surface area is 157 Å². The number of aromatic nitrogens is 1. The number of hydrogen-bond donors (Lipinski definition) is 0. The van der Waals surface area contributed by atoms with Gasteiger partial charge in [0.1, 0.15) is 0 Å². The summed E-state index contributed by atoms with van der Waals surface area (Å²) in [5.41, 5.74) is 3.31. The topological polar surface area (TPSA) is 45.1 Å². The molecule has 0 N–H and O–H groups in total. The Morgan fingerprint density at radius 1 is 0.704 bits per heavy atom. The number of hydrogen-bond acceptors (Lipinski definition) is 2. The van der Waals surface area contributed by atoms with Crippen molar-refractivity contribution in [2.75, 3.05) is 0 Å². The van der Waals surface area contributed by atoms with Gasteiger partial charge in [-0.25, -0.2) is 0 Å². The Balaban J connectivity index is 2.14. The average Bonchev–Trinajstić information content (AvgIpc) is 2.73. The van der Waals surface area contributed by atoms with E-state index >= 15 is 0 Å². The first-order valence-corrected chi connectivity index (χ1v) is 8.81. The molecule has 3 aromatic carbocycles. The Hall–Kier alpha value is -3.59. The number of rotatable bonds is 3. The van der Waals surface area contributed by atoms with E-state index in [0.717, 1.165) is 11.3 Å². The van der Waals surface area contributed by atoms with E-state index in [9.17, 15) is 9.90 Å². The molecule has 1 heterocycles. The van der Waals surface area contributed by atoms with Crippen molar-refractivity contribution < 1.29 is 5.11 Å². The van der Waals surface area contributed by atoms with Crippen LogP contribution in [0.3, 0.4) is 0 Å². The van der Waals surface area contributed by atoms with Crippen LogP contribution in [0.4, 0.5) is 0 Å². The second kappa shape index (κ2) is 6.96. The van der Waals surface area contributed by atoms with E-state index in [1.165, 1.54) is 0 Å². The van der Waals surface area contributed by atoms with E-state index in [1.54, 1.807) is 23.6 Å². The largest absolute Gasteiger partial charge is 0.872 e. The van der Waals surface area contributed by atoms with E-state index in [4.69, 9.17) is 0 Å². The van der Waals surface area contributed by atoms with Crippen molar-refractivity contribution in [1.29, 1.82) is 0 Å². The van der Waals surface area contributed by atoms with Crippen molar-refractivity contribution in [3.05, 3.63) is 107 Å². The zero-order valence-electron chi connectivity index (χ0n) is 14.9. The molecule has 0 saturated carbocycles. The van der Waals surface area contributed by atoms with Gasteiger partial charge in [0.2, 0.25) is 0 Å². The molecule has 0 spiro atoms. The lowest BCUT2D eigenvalue weighted by Crippen LogP contribution is -2.25. The highest BCUT2D eigenvalue weighted by Gasteiger charge is 2.18. The van der Waals surface area contributed by atoms with Crippen LogP contribution < -0.4 is 10.7 Å². The van der Waals surface area contributed by atoms with Crippen molar-refractivity contribution in [3.8, 4) is 33.8 Å². The van der Waals surface area contributed by atoms with E-state index in [-0.39, 0.29) is 16.9 Å². The van der Waals surface area contributed by atoms with Gasteiger partial charge >= 0.3 is 0 Å². The van der Waals surface area contributed by atoms with Crippen molar-refractivity contribution >= 4 is 0 Å². The quantitative estimate of drug-likeness (QED) is 0.543. The first-order valence-electron chi connectivity index (χ1n) is 8.81. The monoisotopic (exact) mass is 352 g/mol. The third kappa shape index (κ3) is 2.93. The van der Waals surface area contributed by atoms with Crippen LogP contribution in [0.15, 0.2) is 95.8 Å². The molecule has 0 saturated heterocycles. The van der Waals surface area contributed by atoms with Gasteiger partial charge in [-0.2, -0.15) is 0 Å². The highest BCUT2D eigenvalue weighted by Crippen LogP contribution is 2.34. The third-order valence-electron chi connectivity index (χ3n) is 4.69. The maximum absolute atomic E-state index is 13.5. The predicted molar refractivity (Wildman–Crippen MR) is 107 cm³/mol. The maximum Gasteiger partial charge on any atom is 0.262 e. The molecule has 0 aliphatic carbocycles. The van der Waals surface area contributed by atoms with Crippen molar-refractivity contribution in [2.24, 2.45) is 0 Å². The van der Waals surface area contributed by atoms with Crippen LogP contribution in [0.2, 0.25) is 0 Å². The van der Waals surface area contributed by atoms with Gasteiger partial charge in [-0.3, -0.25) is 9.36 Å². The second-order valence-electron chi connectivity index (χ2n) is 6.39. The van der Waals surface area contributed by atoms with Gasteiger partial charge < -0.3 is 5.11 Å². The van der Waals surface area contributed by atoms with Gasteiger partial charge in [-0.15, -0.1) is 0 Å². The second-order valence-corrected chi connectivity index (χ2v) is 6.39. The van der Waals surface area contributed by atoms with Crippen molar-refractivity contribution in [3.63, 3.8) is 0 Å². The van der Waals surface area contributed by atoms with Crippen molar-refractivity contribution in [1.82, 2.24) is 4.57 Å². The molecule has 27 heavy (non-hydrogen) atoms. The summed E-state index contributed by atoms with van der Waals surface area (Å²) in [4.78, 5) is 13.5. The number of nitrogens with zero attached hydrogens (tertiary/aromatic N) is 1. The van der Waals surface area contributed by atoms with Gasteiger partial charge in [0, 0.05) is 11.3 Å². The molecule has 132 valence electrons. The summed E-state index contributed by atoms with van der Waals surface area (Å²) in [6.45, 7) is 1.79. The van der Waals surface area contributed by atoms with E-state index in [0.29, 0.717) is 16.8 Å². The molecule has 3 heteroatoms. The zero-order chi connectivity index (χ0) is 18.8. The molecule has 4 rings (SSSR count). The van der Waals surface area contributed by atoms with E-state index < -0.39 is 0 Å². The van der Waals surface area contributed by atoms with Crippen LogP contribution in [0.1, 0.15) is 5.56 Å². The van der Waals surface area contributed by atoms with E-state index in [2.05, 4.69) is 0 Å². The Bertz CT molecular complexity index is 1130. The van der Waals surface area contributed by atoms with Crippen LogP contribution in [-0.2, 0) is 0 Å². The Morgan fingerprint density at radius 3 is 1.74 bits per heavy atom. The fraction of sp³-hybridized carbons (Fsp3) is 0.0417. The fourth-order valence-electron chi connectivity index (χ4n) is 3.40. The molecule has 0 radical (unpaired) electrons. The molecular formula is C24H18NO2-. The minimum Gasteiger partial charge on any atom is -0.872 e. The first-order chi connectivity index (χ1) is 13.2. The highest BCUT2D eigenvalue weighted by molar-refractivity contribution is 5.78. The molecule has 1 aromatic heterocycles. The van der Waals surface area contributed by atoms with Crippen molar-refractivity contribution in [2.45, 2.75) is 6.92 Å². The molecule has 0 aliphatic heterocycles. The predicted octanol–water partition coefficient (Wildman–Crippen LogP) is 4.55. The maximum atomic E-state index is 13.5. The molecule has 0 aliphatic rings. The molecule has 3 nitrogen and oxygen atoms in total. The van der Waals surface area contributed by atoms with Crippen LogP contribution in [0.5, 0.6) is 5.75 Å². The number of para-hydroxylation sites is 1. The van der Waals surface area contributed by atoms with Crippen LogP contribution >= 0.6 is 0 Å². The summed E-state index contributed by atoms with van der Waals surface area (Å²) in [5.74, 6) is -0.225. The minimum absolute atomic E-state index is 0.205. The standard InChI is InChI=1S/C24H19NO2/c1-17-22(19-13-7-3-8-14-19)25(20-15-9-4-10-16-20)24(27)21(23(17)26)18-11-5-2-6-12-18/h2-16,26H,1H3/p-1. The molecule has 0 amide bonds. The lowest BCUT2D eigenvalue weighted by molar-refractivity contribution is -0.268. The SMILES string of the molecule is Cc1c([O-])c(-c2ccccc2)c(=O)n(-c2ccccc2)c1-c1ccccc1. The van der Waals surface area contributed by atoms with Gasteiger partial charge in [-0.1, -0.05) is 84.6 Å². The third-order valence-corrected chi connectivity index (χ3v) is 4.69. The van der Waals surface area contributed by atoms with Crippen LogP contribution in [0, 0.1) is 6.92 Å². The Morgan fingerprint density at radius 2 is 1.19 bits per heavy atom. The highest BCUT2D eigenvalue weighted by atomic mass is 16.3. The molecule has 4 aromatic rings. The summed E-state index contributed by atoms with van der Waals surface area (Å²) < 4.78 is 1.65. The zero-order valence-corrected chi connectivity index (χ0v) is 14.9. The number of benzene rings is 3. The Kier molecular flexibility index (Phi) is 4.35. The smallest absolute Gasteiger partial charge is 0.262 e. The molecule has 0 fully saturated rings. The van der Waals surface area contributed by atoms with Crippen LogP contribution in [-0.4, -0.2) is 4.57 Å². The fourth-order valence-corrected chi connectivity index (χ4v) is 3.40. The summed E-state index contributed by atoms with van der Waals surface area (Å²) >= 11 is 0. The molecule has 0 atom stereocenters. The van der Waals surface area contributed by atoms with Gasteiger partial charge in [0.25, 0.3) is 5.56 Å². The van der Waals surface area contributed by atoms with Gasteiger partial charge in [-0.05, 0) is 35.7 Å². The number of pyridine rings is 1. The summed E-state index contributed by atoms with van der Waals surface area (Å²) in [6, 6.07) is 28.2. The van der Waals surface area contributed by atoms with Gasteiger partial charge in [0.05, 0.1) is 5.69 Å². The minimum atomic E-state index is -0.304. The van der Waals surface area contributed by atoms with Gasteiger partial charge in [0.15, 0.2) is 0 Å².